The molecule has 2 aliphatic heterocycles. The smallest absolute Gasteiger partial charge is 0.225 e. The molecule has 1 amide bonds. The van der Waals surface area contributed by atoms with Crippen molar-refractivity contribution in [3.63, 3.8) is 0 Å². The van der Waals surface area contributed by atoms with E-state index in [1.807, 2.05) is 0 Å². The second kappa shape index (κ2) is 4.52. The molecule has 1 unspecified atom stereocenters. The highest BCUT2D eigenvalue weighted by molar-refractivity contribution is 5.79. The van der Waals surface area contributed by atoms with Gasteiger partial charge in [-0.1, -0.05) is 13.8 Å². The lowest BCUT2D eigenvalue weighted by Crippen LogP contribution is -2.51. The zero-order chi connectivity index (χ0) is 10.8. The average Bonchev–Trinajstić information content (AvgIpc) is 2.15. The number of hydrogen-bond acceptors (Lipinski definition) is 2. The standard InChI is InChI=1S/C12H22N2O/c1-9-3-5-14(6-4-9)12(15)10(2)11-7-13-8-11/h9-11,13H,3-8H2,1-2H3. The number of nitrogens with one attached hydrogen (secondary N) is 1. The fourth-order valence-electron chi connectivity index (χ4n) is 2.38. The van der Waals surface area contributed by atoms with Gasteiger partial charge in [-0.25, -0.2) is 0 Å². The highest BCUT2D eigenvalue weighted by atomic mass is 16.2. The van der Waals surface area contributed by atoms with Crippen molar-refractivity contribution >= 4 is 5.91 Å². The van der Waals surface area contributed by atoms with Crippen LogP contribution in [0.5, 0.6) is 0 Å². The molecule has 2 heterocycles. The van der Waals surface area contributed by atoms with E-state index in [2.05, 4.69) is 24.1 Å². The Kier molecular flexibility index (Phi) is 3.29. The highest BCUT2D eigenvalue weighted by Gasteiger charge is 2.32. The van der Waals surface area contributed by atoms with Crippen molar-refractivity contribution in [2.45, 2.75) is 26.7 Å². The van der Waals surface area contributed by atoms with Crippen LogP contribution in [0.2, 0.25) is 0 Å². The van der Waals surface area contributed by atoms with Crippen molar-refractivity contribution in [3.8, 4) is 0 Å². The predicted octanol–water partition coefficient (Wildman–Crippen LogP) is 1.10. The van der Waals surface area contributed by atoms with E-state index in [-0.39, 0.29) is 5.92 Å². The van der Waals surface area contributed by atoms with E-state index >= 15 is 0 Å². The summed E-state index contributed by atoms with van der Waals surface area (Å²) in [5.74, 6) is 1.99. The van der Waals surface area contributed by atoms with Crippen molar-refractivity contribution in [2.24, 2.45) is 17.8 Å². The van der Waals surface area contributed by atoms with Gasteiger partial charge in [0.05, 0.1) is 0 Å². The normalized spacial score (nSPS) is 26.1. The topological polar surface area (TPSA) is 32.3 Å². The van der Waals surface area contributed by atoms with Crippen LogP contribution in [0.25, 0.3) is 0 Å². The number of piperidine rings is 1. The van der Waals surface area contributed by atoms with E-state index in [1.165, 1.54) is 12.8 Å². The molecule has 1 atom stereocenters. The molecule has 86 valence electrons. The molecule has 1 N–H and O–H groups in total. The fourth-order valence-corrected chi connectivity index (χ4v) is 2.38. The predicted molar refractivity (Wildman–Crippen MR) is 60.5 cm³/mol. The summed E-state index contributed by atoms with van der Waals surface area (Å²) in [5.41, 5.74) is 0. The third kappa shape index (κ3) is 2.33. The van der Waals surface area contributed by atoms with Gasteiger partial charge in [0.15, 0.2) is 0 Å². The maximum absolute atomic E-state index is 12.1. The lowest BCUT2D eigenvalue weighted by atomic mass is 9.87. The molecule has 2 saturated heterocycles. The Morgan fingerprint density at radius 2 is 1.93 bits per heavy atom. The molecule has 2 rings (SSSR count). The zero-order valence-corrected chi connectivity index (χ0v) is 9.83. The van der Waals surface area contributed by atoms with Crippen LogP contribution in [0.3, 0.4) is 0 Å². The Hall–Kier alpha value is -0.570. The van der Waals surface area contributed by atoms with Gasteiger partial charge < -0.3 is 10.2 Å². The number of hydrogen-bond donors (Lipinski definition) is 1. The quantitative estimate of drug-likeness (QED) is 0.740. The van der Waals surface area contributed by atoms with Crippen molar-refractivity contribution < 1.29 is 4.79 Å². The molecule has 0 aromatic heterocycles. The third-order valence-electron chi connectivity index (χ3n) is 4.00. The van der Waals surface area contributed by atoms with Crippen LogP contribution in [0.1, 0.15) is 26.7 Å². The van der Waals surface area contributed by atoms with Crippen molar-refractivity contribution in [2.75, 3.05) is 26.2 Å². The number of nitrogens with zero attached hydrogens (tertiary/aromatic N) is 1. The van der Waals surface area contributed by atoms with E-state index in [0.29, 0.717) is 11.8 Å². The molecule has 0 aromatic rings. The van der Waals surface area contributed by atoms with Gasteiger partial charge in [-0.2, -0.15) is 0 Å². The first kappa shape index (κ1) is 10.9. The van der Waals surface area contributed by atoms with Gasteiger partial charge in [-0.3, -0.25) is 4.79 Å². The fraction of sp³-hybridized carbons (Fsp3) is 0.917. The minimum Gasteiger partial charge on any atom is -0.342 e. The molecule has 0 bridgehead atoms. The summed E-state index contributed by atoms with van der Waals surface area (Å²) in [6, 6.07) is 0. The molecule has 15 heavy (non-hydrogen) atoms. The average molecular weight is 210 g/mol. The van der Waals surface area contributed by atoms with Gasteiger partial charge in [0, 0.05) is 19.0 Å². The van der Waals surface area contributed by atoms with Crippen LogP contribution in [0.4, 0.5) is 0 Å². The summed E-state index contributed by atoms with van der Waals surface area (Å²) < 4.78 is 0. The van der Waals surface area contributed by atoms with Crippen LogP contribution in [-0.2, 0) is 4.79 Å². The Bertz CT molecular complexity index is 230. The van der Waals surface area contributed by atoms with E-state index < -0.39 is 0 Å². The number of carbonyl (C=O) groups is 1. The molecule has 3 heteroatoms. The zero-order valence-electron chi connectivity index (χ0n) is 9.83. The number of likely N-dealkylation sites (tertiary alicyclic amines) is 1. The van der Waals surface area contributed by atoms with E-state index in [4.69, 9.17) is 0 Å². The van der Waals surface area contributed by atoms with E-state index in [9.17, 15) is 4.79 Å². The van der Waals surface area contributed by atoms with Gasteiger partial charge in [0.1, 0.15) is 0 Å². The van der Waals surface area contributed by atoms with Crippen molar-refractivity contribution in [1.29, 1.82) is 0 Å². The minimum atomic E-state index is 0.222. The molecule has 0 aromatic carbocycles. The van der Waals surface area contributed by atoms with Crippen molar-refractivity contribution in [3.05, 3.63) is 0 Å². The molecular weight excluding hydrogens is 188 g/mol. The number of amides is 1. The van der Waals surface area contributed by atoms with E-state index in [0.717, 1.165) is 32.1 Å². The van der Waals surface area contributed by atoms with Gasteiger partial charge in [0.2, 0.25) is 5.91 Å². The Morgan fingerprint density at radius 1 is 1.33 bits per heavy atom. The molecule has 0 saturated carbocycles. The monoisotopic (exact) mass is 210 g/mol. The summed E-state index contributed by atoms with van der Waals surface area (Å²) in [6.07, 6.45) is 2.36. The summed E-state index contributed by atoms with van der Waals surface area (Å²) in [5, 5.41) is 3.24. The Balaban J connectivity index is 1.84. The molecule has 3 nitrogen and oxygen atoms in total. The van der Waals surface area contributed by atoms with Gasteiger partial charge >= 0.3 is 0 Å². The van der Waals surface area contributed by atoms with Crippen LogP contribution >= 0.6 is 0 Å². The third-order valence-corrected chi connectivity index (χ3v) is 4.00. The van der Waals surface area contributed by atoms with E-state index in [1.54, 1.807) is 0 Å². The highest BCUT2D eigenvalue weighted by Crippen LogP contribution is 2.22. The Labute approximate surface area is 92.2 Å². The summed E-state index contributed by atoms with van der Waals surface area (Å²) in [7, 11) is 0. The molecule has 0 aliphatic carbocycles. The van der Waals surface area contributed by atoms with Crippen LogP contribution in [0, 0.1) is 17.8 Å². The first-order valence-corrected chi connectivity index (χ1v) is 6.18. The molecule has 2 aliphatic rings. The van der Waals surface area contributed by atoms with Crippen LogP contribution in [-0.4, -0.2) is 37.0 Å². The second-order valence-electron chi connectivity index (χ2n) is 5.21. The van der Waals surface area contributed by atoms with Gasteiger partial charge in [-0.05, 0) is 37.8 Å². The maximum Gasteiger partial charge on any atom is 0.225 e. The molecular formula is C12H22N2O. The molecule has 2 fully saturated rings. The van der Waals surface area contributed by atoms with Gasteiger partial charge in [-0.15, -0.1) is 0 Å². The SMILES string of the molecule is CC1CCN(C(=O)C(C)C2CNC2)CC1. The number of carbonyl (C=O) groups excluding carboxylic acids is 1. The molecule has 0 radical (unpaired) electrons. The molecule has 0 spiro atoms. The summed E-state index contributed by atoms with van der Waals surface area (Å²) in [4.78, 5) is 14.2. The minimum absolute atomic E-state index is 0.222. The van der Waals surface area contributed by atoms with Gasteiger partial charge in [0.25, 0.3) is 0 Å². The van der Waals surface area contributed by atoms with Crippen molar-refractivity contribution in [1.82, 2.24) is 10.2 Å². The largest absolute Gasteiger partial charge is 0.342 e. The second-order valence-corrected chi connectivity index (χ2v) is 5.21. The summed E-state index contributed by atoms with van der Waals surface area (Å²) in [6.45, 7) is 8.37. The summed E-state index contributed by atoms with van der Waals surface area (Å²) >= 11 is 0. The maximum atomic E-state index is 12.1. The lowest BCUT2D eigenvalue weighted by Gasteiger charge is -2.37. The first-order chi connectivity index (χ1) is 7.18. The first-order valence-electron chi connectivity index (χ1n) is 6.18. The van der Waals surface area contributed by atoms with Crippen LogP contribution < -0.4 is 5.32 Å². The van der Waals surface area contributed by atoms with Crippen LogP contribution in [0.15, 0.2) is 0 Å². The Morgan fingerprint density at radius 3 is 2.40 bits per heavy atom. The number of rotatable bonds is 2. The lowest BCUT2D eigenvalue weighted by molar-refractivity contribution is -0.138.